The fourth-order valence-corrected chi connectivity index (χ4v) is 1.32. The number of hydrogen-bond acceptors (Lipinski definition) is 8. The molecule has 17 heavy (non-hydrogen) atoms. The van der Waals surface area contributed by atoms with Crippen molar-refractivity contribution in [2.75, 3.05) is 30.0 Å². The van der Waals surface area contributed by atoms with Crippen molar-refractivity contribution in [3.8, 4) is 0 Å². The van der Waals surface area contributed by atoms with E-state index >= 15 is 0 Å². The predicted molar refractivity (Wildman–Crippen MR) is 67.8 cm³/mol. The molecule has 1 aromatic heterocycles. The molecule has 8 heteroatoms. The first-order valence-electron chi connectivity index (χ1n) is 5.68. The Morgan fingerprint density at radius 3 is 2.18 bits per heavy atom. The normalized spacial score (nSPS) is 10.4. The number of nitrogens with zero attached hydrogens (tertiary/aromatic N) is 3. The summed E-state index contributed by atoms with van der Waals surface area (Å²) in [4.78, 5) is 11.4. The highest BCUT2D eigenvalue weighted by Crippen LogP contribution is 2.02. The van der Waals surface area contributed by atoms with Gasteiger partial charge in [-0.3, -0.25) is 5.43 Å². The highest BCUT2D eigenvalue weighted by atomic mass is 15.4. The number of aromatic nitrogens is 3. The van der Waals surface area contributed by atoms with E-state index in [-0.39, 0.29) is 11.9 Å². The van der Waals surface area contributed by atoms with Crippen LogP contribution in [0.25, 0.3) is 0 Å². The summed E-state index contributed by atoms with van der Waals surface area (Å²) in [5.74, 6) is 0.534. The Kier molecular flexibility index (Phi) is 5.97. The Labute approximate surface area is 100 Å². The van der Waals surface area contributed by atoms with E-state index in [1.807, 2.05) is 0 Å². The van der Waals surface area contributed by atoms with Gasteiger partial charge in [0.25, 0.3) is 0 Å². The Morgan fingerprint density at radius 1 is 0.882 bits per heavy atom. The lowest BCUT2D eigenvalue weighted by molar-refractivity contribution is 0.617. The summed E-state index contributed by atoms with van der Waals surface area (Å²) in [6.07, 6.45) is 4.44. The summed E-state index contributed by atoms with van der Waals surface area (Å²) in [5.41, 5.74) is 22.1. The zero-order valence-corrected chi connectivity index (χ0v) is 9.82. The standard InChI is InChI=1S/C9H20N8/c10-5-3-1-2-4-6-13-17-9-15-7(11)14-8(12)16-9/h13H,1-6,10H2,(H5,11,12,14,15,16,17). The van der Waals surface area contributed by atoms with Crippen molar-refractivity contribution in [3.05, 3.63) is 0 Å². The van der Waals surface area contributed by atoms with Crippen LogP contribution < -0.4 is 28.1 Å². The molecule has 0 unspecified atom stereocenters. The molecule has 1 rings (SSSR count). The fourth-order valence-electron chi connectivity index (χ4n) is 1.32. The van der Waals surface area contributed by atoms with Crippen LogP contribution in [0.2, 0.25) is 0 Å². The SMILES string of the molecule is NCCCCCCNNc1nc(N)nc(N)n1. The molecule has 0 aliphatic heterocycles. The maximum Gasteiger partial charge on any atom is 0.243 e. The summed E-state index contributed by atoms with van der Waals surface area (Å²) in [5, 5.41) is 0. The van der Waals surface area contributed by atoms with Gasteiger partial charge in [0, 0.05) is 6.54 Å². The molecule has 1 aromatic rings. The number of nitrogens with two attached hydrogens (primary N) is 3. The summed E-state index contributed by atoms with van der Waals surface area (Å²) >= 11 is 0. The second kappa shape index (κ2) is 7.58. The number of anilines is 3. The van der Waals surface area contributed by atoms with Crippen LogP contribution >= 0.6 is 0 Å². The number of hydrogen-bond donors (Lipinski definition) is 5. The van der Waals surface area contributed by atoms with Gasteiger partial charge in [0.05, 0.1) is 0 Å². The second-order valence-corrected chi connectivity index (χ2v) is 3.63. The van der Waals surface area contributed by atoms with E-state index in [9.17, 15) is 0 Å². The molecule has 96 valence electrons. The van der Waals surface area contributed by atoms with Crippen LogP contribution in [0.4, 0.5) is 17.8 Å². The maximum absolute atomic E-state index is 5.42. The fraction of sp³-hybridized carbons (Fsp3) is 0.667. The highest BCUT2D eigenvalue weighted by molar-refractivity contribution is 5.36. The molecule has 0 atom stereocenters. The van der Waals surface area contributed by atoms with Crippen LogP contribution in [0.3, 0.4) is 0 Å². The van der Waals surface area contributed by atoms with Gasteiger partial charge in [-0.1, -0.05) is 12.8 Å². The smallest absolute Gasteiger partial charge is 0.243 e. The summed E-state index contributed by atoms with van der Waals surface area (Å²) < 4.78 is 0. The Balaban J connectivity index is 2.13. The molecule has 0 spiro atoms. The van der Waals surface area contributed by atoms with Gasteiger partial charge < -0.3 is 17.2 Å². The van der Waals surface area contributed by atoms with Crippen molar-refractivity contribution in [2.45, 2.75) is 25.7 Å². The van der Waals surface area contributed by atoms with Crippen molar-refractivity contribution >= 4 is 17.8 Å². The molecule has 0 amide bonds. The molecule has 0 fully saturated rings. The lowest BCUT2D eigenvalue weighted by Gasteiger charge is -2.07. The third-order valence-corrected chi connectivity index (χ3v) is 2.13. The third kappa shape index (κ3) is 5.83. The minimum Gasteiger partial charge on any atom is -0.368 e. The largest absolute Gasteiger partial charge is 0.368 e. The molecule has 0 radical (unpaired) electrons. The first kappa shape index (κ1) is 13.4. The number of nitrogen functional groups attached to an aromatic ring is 2. The zero-order valence-electron chi connectivity index (χ0n) is 9.82. The van der Waals surface area contributed by atoms with Gasteiger partial charge in [-0.05, 0) is 19.4 Å². The predicted octanol–water partition coefficient (Wildman–Crippen LogP) is -0.528. The zero-order chi connectivity index (χ0) is 12.5. The van der Waals surface area contributed by atoms with E-state index in [0.29, 0.717) is 5.95 Å². The average molecular weight is 240 g/mol. The number of hydrazine groups is 1. The van der Waals surface area contributed by atoms with Crippen molar-refractivity contribution in [1.82, 2.24) is 20.4 Å². The van der Waals surface area contributed by atoms with E-state index in [4.69, 9.17) is 17.2 Å². The van der Waals surface area contributed by atoms with Crippen LogP contribution in [0, 0.1) is 0 Å². The summed E-state index contributed by atoms with van der Waals surface area (Å²) in [6.45, 7) is 1.57. The Bertz CT molecular complexity index is 309. The Hall–Kier alpha value is -1.67. The van der Waals surface area contributed by atoms with Crippen molar-refractivity contribution < 1.29 is 0 Å². The van der Waals surface area contributed by atoms with Gasteiger partial charge >= 0.3 is 0 Å². The van der Waals surface area contributed by atoms with Crippen molar-refractivity contribution in [3.63, 3.8) is 0 Å². The van der Waals surface area contributed by atoms with Gasteiger partial charge in [0.2, 0.25) is 17.8 Å². The number of rotatable bonds is 8. The Morgan fingerprint density at radius 2 is 1.53 bits per heavy atom. The molecular weight excluding hydrogens is 220 g/mol. The van der Waals surface area contributed by atoms with E-state index in [2.05, 4.69) is 25.8 Å². The van der Waals surface area contributed by atoms with E-state index in [1.54, 1.807) is 0 Å². The van der Waals surface area contributed by atoms with Crippen molar-refractivity contribution in [2.24, 2.45) is 5.73 Å². The number of nitrogens with one attached hydrogen (secondary N) is 2. The molecule has 0 aromatic carbocycles. The minimum atomic E-state index is 0.102. The van der Waals surface area contributed by atoms with Crippen molar-refractivity contribution in [1.29, 1.82) is 0 Å². The lowest BCUT2D eigenvalue weighted by atomic mass is 10.2. The van der Waals surface area contributed by atoms with Crippen LogP contribution in [0.15, 0.2) is 0 Å². The highest BCUT2D eigenvalue weighted by Gasteiger charge is 1.99. The summed E-state index contributed by atoms with van der Waals surface area (Å²) in [6, 6.07) is 0. The van der Waals surface area contributed by atoms with Gasteiger partial charge in [-0.2, -0.15) is 15.0 Å². The molecule has 8 N–H and O–H groups in total. The first-order chi connectivity index (χ1) is 8.22. The molecule has 8 nitrogen and oxygen atoms in total. The molecule has 0 aliphatic rings. The topological polar surface area (TPSA) is 141 Å². The van der Waals surface area contributed by atoms with Crippen LogP contribution in [0.1, 0.15) is 25.7 Å². The van der Waals surface area contributed by atoms with E-state index < -0.39 is 0 Å². The molecule has 0 saturated heterocycles. The first-order valence-corrected chi connectivity index (χ1v) is 5.68. The second-order valence-electron chi connectivity index (χ2n) is 3.63. The maximum atomic E-state index is 5.42. The van der Waals surface area contributed by atoms with Gasteiger partial charge in [0.15, 0.2) is 0 Å². The number of unbranched alkanes of at least 4 members (excludes halogenated alkanes) is 3. The molecule has 0 bridgehead atoms. The van der Waals surface area contributed by atoms with Gasteiger partial charge in [-0.15, -0.1) is 0 Å². The summed E-state index contributed by atoms with van der Waals surface area (Å²) in [7, 11) is 0. The molecule has 0 saturated carbocycles. The lowest BCUT2D eigenvalue weighted by Crippen LogP contribution is -2.25. The van der Waals surface area contributed by atoms with Gasteiger partial charge in [-0.25, -0.2) is 5.43 Å². The quantitative estimate of drug-likeness (QED) is 0.302. The minimum absolute atomic E-state index is 0.102. The van der Waals surface area contributed by atoms with Crippen LogP contribution in [-0.4, -0.2) is 28.0 Å². The average Bonchev–Trinajstić information content (AvgIpc) is 2.26. The van der Waals surface area contributed by atoms with E-state index in [1.165, 1.54) is 0 Å². The van der Waals surface area contributed by atoms with Crippen LogP contribution in [-0.2, 0) is 0 Å². The third-order valence-electron chi connectivity index (χ3n) is 2.13. The van der Waals surface area contributed by atoms with Crippen LogP contribution in [0.5, 0.6) is 0 Å². The van der Waals surface area contributed by atoms with Gasteiger partial charge in [0.1, 0.15) is 0 Å². The van der Waals surface area contributed by atoms with E-state index in [0.717, 1.165) is 38.8 Å². The molecule has 0 aliphatic carbocycles. The molecule has 1 heterocycles. The molecular formula is C9H20N8. The monoisotopic (exact) mass is 240 g/mol.